The molecule has 1 aliphatic rings. The molecule has 2 rings (SSSR count). The third-order valence-electron chi connectivity index (χ3n) is 4.84. The molecular weight excluding hydrogens is 362 g/mol. The van der Waals surface area contributed by atoms with E-state index < -0.39 is 5.41 Å². The van der Waals surface area contributed by atoms with Crippen molar-refractivity contribution in [2.45, 2.75) is 39.7 Å². The number of methoxy groups -OCH3 is 1. The van der Waals surface area contributed by atoms with Crippen LogP contribution in [0.1, 0.15) is 33.6 Å². The smallest absolute Gasteiger partial charge is 0.409 e. The van der Waals surface area contributed by atoms with Gasteiger partial charge in [0.1, 0.15) is 11.2 Å². The summed E-state index contributed by atoms with van der Waals surface area (Å²) in [6.45, 7) is 6.32. The first-order valence-corrected chi connectivity index (χ1v) is 9.46. The molecule has 1 aromatic rings. The lowest BCUT2D eigenvalue weighted by atomic mass is 9.90. The molecular formula is C20H29N3O5. The maximum atomic E-state index is 12.7. The number of hydrogen-bond donors (Lipinski definition) is 2. The highest BCUT2D eigenvalue weighted by atomic mass is 16.6. The normalized spacial score (nSPS) is 14.9. The van der Waals surface area contributed by atoms with E-state index in [-0.39, 0.29) is 23.9 Å². The zero-order valence-electron chi connectivity index (χ0n) is 16.9. The summed E-state index contributed by atoms with van der Waals surface area (Å²) in [5, 5.41) is 5.70. The van der Waals surface area contributed by atoms with Crippen molar-refractivity contribution >= 4 is 23.6 Å². The summed E-state index contributed by atoms with van der Waals surface area (Å²) >= 11 is 0. The standard InChI is InChI=1S/C20H29N3O5/c1-5-28-19(26)23-12-10-15(11-13-23)22-18(25)20(2,3)17(24)21-14-6-8-16(27-4)9-7-14/h6-9,15H,5,10-13H2,1-4H3,(H,21,24)(H,22,25). The monoisotopic (exact) mass is 391 g/mol. The molecule has 1 aliphatic heterocycles. The lowest BCUT2D eigenvalue weighted by molar-refractivity contribution is -0.139. The molecule has 1 heterocycles. The summed E-state index contributed by atoms with van der Waals surface area (Å²) in [5.41, 5.74) is -0.646. The first kappa shape index (κ1) is 21.5. The Morgan fingerprint density at radius 3 is 2.25 bits per heavy atom. The van der Waals surface area contributed by atoms with Crippen LogP contribution in [0.3, 0.4) is 0 Å². The zero-order valence-corrected chi connectivity index (χ0v) is 16.9. The van der Waals surface area contributed by atoms with Crippen LogP contribution in [-0.4, -0.2) is 55.7 Å². The van der Waals surface area contributed by atoms with Crippen LogP contribution in [0.2, 0.25) is 0 Å². The van der Waals surface area contributed by atoms with Gasteiger partial charge in [0.25, 0.3) is 0 Å². The number of anilines is 1. The molecule has 0 spiro atoms. The van der Waals surface area contributed by atoms with E-state index in [1.807, 2.05) is 0 Å². The third-order valence-corrected chi connectivity index (χ3v) is 4.84. The number of nitrogens with one attached hydrogen (secondary N) is 2. The second-order valence-electron chi connectivity index (χ2n) is 7.24. The van der Waals surface area contributed by atoms with Gasteiger partial charge in [0.05, 0.1) is 13.7 Å². The van der Waals surface area contributed by atoms with Crippen molar-refractivity contribution in [3.63, 3.8) is 0 Å². The van der Waals surface area contributed by atoms with Gasteiger partial charge in [-0.05, 0) is 57.9 Å². The number of carbonyl (C=O) groups is 3. The molecule has 1 saturated heterocycles. The molecule has 1 aromatic carbocycles. The Bertz CT molecular complexity index is 694. The number of amides is 3. The van der Waals surface area contributed by atoms with Crippen LogP contribution in [-0.2, 0) is 14.3 Å². The summed E-state index contributed by atoms with van der Waals surface area (Å²) in [6, 6.07) is 6.83. The molecule has 8 nitrogen and oxygen atoms in total. The largest absolute Gasteiger partial charge is 0.497 e. The highest BCUT2D eigenvalue weighted by Gasteiger charge is 2.37. The summed E-state index contributed by atoms with van der Waals surface area (Å²) in [5.74, 6) is -0.0450. The summed E-state index contributed by atoms with van der Waals surface area (Å²) in [4.78, 5) is 38.7. The summed E-state index contributed by atoms with van der Waals surface area (Å²) in [6.07, 6.45) is 0.924. The van der Waals surface area contributed by atoms with Crippen molar-refractivity contribution in [2.24, 2.45) is 5.41 Å². The number of likely N-dealkylation sites (tertiary alicyclic amines) is 1. The van der Waals surface area contributed by atoms with Gasteiger partial charge in [-0.3, -0.25) is 9.59 Å². The Labute approximate surface area is 165 Å². The number of hydrogen-bond acceptors (Lipinski definition) is 5. The molecule has 0 atom stereocenters. The van der Waals surface area contributed by atoms with Gasteiger partial charge in [-0.25, -0.2) is 4.79 Å². The Balaban J connectivity index is 1.87. The molecule has 154 valence electrons. The number of nitrogens with zero attached hydrogens (tertiary/aromatic N) is 1. The van der Waals surface area contributed by atoms with Crippen molar-refractivity contribution < 1.29 is 23.9 Å². The highest BCUT2D eigenvalue weighted by Crippen LogP contribution is 2.22. The van der Waals surface area contributed by atoms with Crippen molar-refractivity contribution in [3.8, 4) is 5.75 Å². The molecule has 8 heteroatoms. The van der Waals surface area contributed by atoms with Gasteiger partial charge in [-0.15, -0.1) is 0 Å². The van der Waals surface area contributed by atoms with E-state index in [0.29, 0.717) is 44.0 Å². The van der Waals surface area contributed by atoms with Crippen LogP contribution in [0.15, 0.2) is 24.3 Å². The second-order valence-corrected chi connectivity index (χ2v) is 7.24. The van der Waals surface area contributed by atoms with Gasteiger partial charge in [0.2, 0.25) is 11.8 Å². The average Bonchev–Trinajstić information content (AvgIpc) is 2.69. The van der Waals surface area contributed by atoms with Crippen LogP contribution >= 0.6 is 0 Å². The predicted molar refractivity (Wildman–Crippen MR) is 105 cm³/mol. The van der Waals surface area contributed by atoms with E-state index in [1.54, 1.807) is 57.0 Å². The van der Waals surface area contributed by atoms with Crippen molar-refractivity contribution in [2.75, 3.05) is 32.1 Å². The van der Waals surface area contributed by atoms with Gasteiger partial charge in [0, 0.05) is 24.8 Å². The molecule has 0 radical (unpaired) electrons. The summed E-state index contributed by atoms with van der Waals surface area (Å²) in [7, 11) is 1.57. The van der Waals surface area contributed by atoms with Crippen LogP contribution in [0, 0.1) is 5.41 Å². The minimum atomic E-state index is -1.24. The SMILES string of the molecule is CCOC(=O)N1CCC(NC(=O)C(C)(C)C(=O)Nc2ccc(OC)cc2)CC1. The third kappa shape index (κ3) is 5.37. The Morgan fingerprint density at radius 1 is 1.11 bits per heavy atom. The fraction of sp³-hybridized carbons (Fsp3) is 0.550. The van der Waals surface area contributed by atoms with E-state index >= 15 is 0 Å². The zero-order chi connectivity index (χ0) is 20.7. The number of carbonyl (C=O) groups excluding carboxylic acids is 3. The maximum absolute atomic E-state index is 12.7. The lowest BCUT2D eigenvalue weighted by Crippen LogP contribution is -2.52. The number of rotatable bonds is 6. The number of ether oxygens (including phenoxy) is 2. The van der Waals surface area contributed by atoms with E-state index in [1.165, 1.54) is 0 Å². The fourth-order valence-electron chi connectivity index (χ4n) is 2.85. The molecule has 3 amide bonds. The summed E-state index contributed by atoms with van der Waals surface area (Å²) < 4.78 is 10.1. The minimum absolute atomic E-state index is 0.0776. The average molecular weight is 391 g/mol. The van der Waals surface area contributed by atoms with Crippen LogP contribution in [0.25, 0.3) is 0 Å². The Morgan fingerprint density at radius 2 is 1.71 bits per heavy atom. The van der Waals surface area contributed by atoms with Gasteiger partial charge in [0.15, 0.2) is 0 Å². The first-order valence-electron chi connectivity index (χ1n) is 9.46. The molecule has 0 unspecified atom stereocenters. The number of benzene rings is 1. The molecule has 28 heavy (non-hydrogen) atoms. The van der Waals surface area contributed by atoms with E-state index in [0.717, 1.165) is 0 Å². The van der Waals surface area contributed by atoms with Gasteiger partial charge >= 0.3 is 6.09 Å². The van der Waals surface area contributed by atoms with E-state index in [9.17, 15) is 14.4 Å². The number of piperidine rings is 1. The van der Waals surface area contributed by atoms with Crippen LogP contribution in [0.4, 0.5) is 10.5 Å². The lowest BCUT2D eigenvalue weighted by Gasteiger charge is -2.33. The van der Waals surface area contributed by atoms with Crippen molar-refractivity contribution in [3.05, 3.63) is 24.3 Å². The van der Waals surface area contributed by atoms with Gasteiger partial charge in [-0.1, -0.05) is 0 Å². The molecule has 0 bridgehead atoms. The molecule has 0 aromatic heterocycles. The molecule has 2 N–H and O–H groups in total. The predicted octanol–water partition coefficient (Wildman–Crippen LogP) is 2.40. The minimum Gasteiger partial charge on any atom is -0.497 e. The van der Waals surface area contributed by atoms with Crippen molar-refractivity contribution in [1.82, 2.24) is 10.2 Å². The second kappa shape index (κ2) is 9.43. The molecule has 0 aliphatic carbocycles. The molecule has 1 fully saturated rings. The van der Waals surface area contributed by atoms with E-state index in [4.69, 9.17) is 9.47 Å². The van der Waals surface area contributed by atoms with E-state index in [2.05, 4.69) is 10.6 Å². The van der Waals surface area contributed by atoms with Gasteiger partial charge in [-0.2, -0.15) is 0 Å². The molecule has 0 saturated carbocycles. The van der Waals surface area contributed by atoms with Crippen LogP contribution < -0.4 is 15.4 Å². The highest BCUT2D eigenvalue weighted by molar-refractivity contribution is 6.09. The van der Waals surface area contributed by atoms with Gasteiger partial charge < -0.3 is 25.0 Å². The maximum Gasteiger partial charge on any atom is 0.409 e. The Kier molecular flexibility index (Phi) is 7.25. The topological polar surface area (TPSA) is 97.0 Å². The van der Waals surface area contributed by atoms with Crippen LogP contribution in [0.5, 0.6) is 5.75 Å². The Hall–Kier alpha value is -2.77. The fourth-order valence-corrected chi connectivity index (χ4v) is 2.85. The quantitative estimate of drug-likeness (QED) is 0.726. The van der Waals surface area contributed by atoms with Crippen molar-refractivity contribution in [1.29, 1.82) is 0 Å². The first-order chi connectivity index (χ1) is 13.3.